The Morgan fingerprint density at radius 3 is 2.29 bits per heavy atom. The van der Waals surface area contributed by atoms with E-state index in [9.17, 15) is 15.3 Å². The Morgan fingerprint density at radius 2 is 1.67 bits per heavy atom. The van der Waals surface area contributed by atoms with Gasteiger partial charge >= 0.3 is 0 Å². The maximum atomic E-state index is 10.1. The van der Waals surface area contributed by atoms with Crippen LogP contribution in [-0.2, 0) is 0 Å². The minimum atomic E-state index is -0.992. The SMILES string of the molecule is C[C@@H]1[C@@H](O)[C@H](O)[C@@H](O)CN1CC1C2CCC3(CC2)CCC13. The van der Waals surface area contributed by atoms with Gasteiger partial charge in [-0.15, -0.1) is 0 Å². The lowest BCUT2D eigenvalue weighted by Gasteiger charge is -2.64. The van der Waals surface area contributed by atoms with Crippen LogP contribution in [0.3, 0.4) is 0 Å². The minimum absolute atomic E-state index is 0.0557. The summed E-state index contributed by atoms with van der Waals surface area (Å²) in [5.41, 5.74) is 0.662. The number of fused-ring (bicyclic) bond motifs is 2. The molecule has 0 aromatic heterocycles. The van der Waals surface area contributed by atoms with Gasteiger partial charge < -0.3 is 15.3 Å². The zero-order chi connectivity index (χ0) is 14.8. The van der Waals surface area contributed by atoms with Crippen molar-refractivity contribution in [1.82, 2.24) is 4.90 Å². The number of nitrogens with zero attached hydrogens (tertiary/aromatic N) is 1. The van der Waals surface area contributed by atoms with Crippen LogP contribution in [0.5, 0.6) is 0 Å². The maximum Gasteiger partial charge on any atom is 0.108 e. The highest BCUT2D eigenvalue weighted by Crippen LogP contribution is 2.66. The van der Waals surface area contributed by atoms with Gasteiger partial charge in [0, 0.05) is 19.1 Å². The van der Waals surface area contributed by atoms with E-state index in [1.807, 2.05) is 6.92 Å². The summed E-state index contributed by atoms with van der Waals surface area (Å²) in [6.07, 6.45) is 5.84. The van der Waals surface area contributed by atoms with E-state index < -0.39 is 18.3 Å². The predicted molar refractivity (Wildman–Crippen MR) is 79.7 cm³/mol. The van der Waals surface area contributed by atoms with E-state index in [0.717, 1.165) is 24.3 Å². The molecule has 0 aromatic rings. The molecule has 6 atom stereocenters. The molecular weight excluding hydrogens is 266 g/mol. The molecule has 120 valence electrons. The second-order valence-corrected chi connectivity index (χ2v) is 8.25. The highest BCUT2D eigenvalue weighted by atomic mass is 16.4. The maximum absolute atomic E-state index is 10.1. The van der Waals surface area contributed by atoms with E-state index in [-0.39, 0.29) is 6.04 Å². The Kier molecular flexibility index (Phi) is 3.38. The standard InChI is InChI=1S/C17H29NO3/c1-10-15(20)16(21)14(19)9-18(10)8-12-11-2-5-17(6-3-11)7-4-13(12)17/h10-16,19-21H,2-9H2,1H3/t10-,11?,12?,13?,14+,15-,16-,17?/m1/s1. The third kappa shape index (κ3) is 2.03. The molecule has 4 saturated carbocycles. The molecule has 3 N–H and O–H groups in total. The van der Waals surface area contributed by atoms with Gasteiger partial charge in [-0.1, -0.05) is 0 Å². The first-order chi connectivity index (χ1) is 10.0. The fraction of sp³-hybridized carbons (Fsp3) is 1.00. The van der Waals surface area contributed by atoms with Crippen LogP contribution in [0.4, 0.5) is 0 Å². The first kappa shape index (κ1) is 14.4. The molecule has 0 radical (unpaired) electrons. The van der Waals surface area contributed by atoms with Gasteiger partial charge in [-0.25, -0.2) is 0 Å². The van der Waals surface area contributed by atoms with Gasteiger partial charge in [0.2, 0.25) is 0 Å². The van der Waals surface area contributed by atoms with Gasteiger partial charge in [0.05, 0.1) is 12.2 Å². The third-order valence-corrected chi connectivity index (χ3v) is 7.57. The molecule has 2 bridgehead atoms. The fourth-order valence-electron chi connectivity index (χ4n) is 6.01. The molecule has 1 aliphatic heterocycles. The Labute approximate surface area is 127 Å². The fourth-order valence-corrected chi connectivity index (χ4v) is 6.01. The number of aliphatic hydroxyl groups excluding tert-OH is 3. The quantitative estimate of drug-likeness (QED) is 0.711. The smallest absolute Gasteiger partial charge is 0.108 e. The van der Waals surface area contributed by atoms with Gasteiger partial charge in [-0.3, -0.25) is 4.90 Å². The van der Waals surface area contributed by atoms with Crippen molar-refractivity contribution in [3.05, 3.63) is 0 Å². The molecule has 5 fully saturated rings. The zero-order valence-corrected chi connectivity index (χ0v) is 13.0. The summed E-state index contributed by atoms with van der Waals surface area (Å²) in [6, 6.07) is -0.0557. The number of rotatable bonds is 2. The molecule has 0 amide bonds. The molecular formula is C17H29NO3. The van der Waals surface area contributed by atoms with E-state index in [4.69, 9.17) is 0 Å². The van der Waals surface area contributed by atoms with E-state index in [0.29, 0.717) is 12.0 Å². The number of aliphatic hydroxyl groups is 3. The van der Waals surface area contributed by atoms with Gasteiger partial charge in [-0.05, 0) is 68.6 Å². The van der Waals surface area contributed by atoms with E-state index in [1.165, 1.54) is 38.5 Å². The summed E-state index contributed by atoms with van der Waals surface area (Å²) >= 11 is 0. The molecule has 1 saturated heterocycles. The Balaban J connectivity index is 1.48. The molecule has 0 aromatic carbocycles. The first-order valence-corrected chi connectivity index (χ1v) is 8.80. The molecule has 4 aliphatic carbocycles. The molecule has 1 spiro atoms. The van der Waals surface area contributed by atoms with Crippen molar-refractivity contribution in [2.24, 2.45) is 23.2 Å². The largest absolute Gasteiger partial charge is 0.389 e. The topological polar surface area (TPSA) is 63.9 Å². The van der Waals surface area contributed by atoms with E-state index in [2.05, 4.69) is 4.90 Å². The van der Waals surface area contributed by atoms with Gasteiger partial charge in [0.1, 0.15) is 6.10 Å². The number of β-amino-alcohol motifs (C(OH)–C–C–N with tert-alkyl or cyclic N) is 1. The molecule has 4 heteroatoms. The summed E-state index contributed by atoms with van der Waals surface area (Å²) < 4.78 is 0. The Morgan fingerprint density at radius 1 is 1.00 bits per heavy atom. The lowest BCUT2D eigenvalue weighted by atomic mass is 9.42. The molecule has 5 rings (SSSR count). The number of likely N-dealkylation sites (tertiary alicyclic amines) is 1. The van der Waals surface area contributed by atoms with Crippen molar-refractivity contribution in [2.75, 3.05) is 13.1 Å². The average Bonchev–Trinajstić information content (AvgIpc) is 2.47. The summed E-state index contributed by atoms with van der Waals surface area (Å²) in [4.78, 5) is 2.24. The summed E-state index contributed by atoms with van der Waals surface area (Å²) in [5, 5.41) is 29.9. The highest BCUT2D eigenvalue weighted by molar-refractivity contribution is 5.08. The molecule has 5 aliphatic rings. The van der Waals surface area contributed by atoms with Crippen LogP contribution >= 0.6 is 0 Å². The highest BCUT2D eigenvalue weighted by Gasteiger charge is 2.58. The van der Waals surface area contributed by atoms with Crippen LogP contribution in [-0.4, -0.2) is 57.7 Å². The third-order valence-electron chi connectivity index (χ3n) is 7.57. The van der Waals surface area contributed by atoms with Gasteiger partial charge in [-0.2, -0.15) is 0 Å². The van der Waals surface area contributed by atoms with Crippen LogP contribution in [0, 0.1) is 23.2 Å². The lowest BCUT2D eigenvalue weighted by molar-refractivity contribution is -0.166. The van der Waals surface area contributed by atoms with E-state index in [1.54, 1.807) is 0 Å². The normalized spacial score (nSPS) is 56.9. The van der Waals surface area contributed by atoms with Gasteiger partial charge in [0.25, 0.3) is 0 Å². The monoisotopic (exact) mass is 295 g/mol. The molecule has 21 heavy (non-hydrogen) atoms. The molecule has 4 nitrogen and oxygen atoms in total. The Bertz CT molecular complexity index is 407. The molecule has 1 heterocycles. The summed E-state index contributed by atoms with van der Waals surface area (Å²) in [5.74, 6) is 2.49. The van der Waals surface area contributed by atoms with Crippen molar-refractivity contribution in [3.8, 4) is 0 Å². The van der Waals surface area contributed by atoms with Crippen molar-refractivity contribution >= 4 is 0 Å². The van der Waals surface area contributed by atoms with Gasteiger partial charge in [0.15, 0.2) is 0 Å². The Hall–Kier alpha value is -0.160. The number of hydrogen-bond acceptors (Lipinski definition) is 4. The predicted octanol–water partition coefficient (Wildman–Crippen LogP) is 0.990. The van der Waals surface area contributed by atoms with Crippen LogP contribution in [0.25, 0.3) is 0 Å². The lowest BCUT2D eigenvalue weighted by Crippen LogP contribution is -2.63. The van der Waals surface area contributed by atoms with Crippen LogP contribution < -0.4 is 0 Å². The number of hydrogen-bond donors (Lipinski definition) is 3. The van der Waals surface area contributed by atoms with Crippen molar-refractivity contribution < 1.29 is 15.3 Å². The van der Waals surface area contributed by atoms with Crippen LogP contribution in [0.15, 0.2) is 0 Å². The van der Waals surface area contributed by atoms with Crippen molar-refractivity contribution in [3.63, 3.8) is 0 Å². The van der Waals surface area contributed by atoms with Crippen LogP contribution in [0.2, 0.25) is 0 Å². The average molecular weight is 295 g/mol. The zero-order valence-electron chi connectivity index (χ0n) is 13.0. The van der Waals surface area contributed by atoms with Crippen molar-refractivity contribution in [1.29, 1.82) is 0 Å². The number of piperidine rings is 1. The second-order valence-electron chi connectivity index (χ2n) is 8.25. The minimum Gasteiger partial charge on any atom is -0.389 e. The first-order valence-electron chi connectivity index (χ1n) is 8.80. The molecule has 2 unspecified atom stereocenters. The van der Waals surface area contributed by atoms with E-state index >= 15 is 0 Å². The van der Waals surface area contributed by atoms with Crippen LogP contribution in [0.1, 0.15) is 45.4 Å². The van der Waals surface area contributed by atoms with Crippen molar-refractivity contribution in [2.45, 2.75) is 69.8 Å². The summed E-state index contributed by atoms with van der Waals surface area (Å²) in [7, 11) is 0. The summed E-state index contributed by atoms with van der Waals surface area (Å²) in [6.45, 7) is 3.48. The second kappa shape index (κ2) is 4.92.